The quantitative estimate of drug-likeness (QED) is 0.724. The van der Waals surface area contributed by atoms with E-state index in [9.17, 15) is 0 Å². The molecule has 14 heavy (non-hydrogen) atoms. The van der Waals surface area contributed by atoms with Gasteiger partial charge in [-0.2, -0.15) is 0 Å². The van der Waals surface area contributed by atoms with Crippen molar-refractivity contribution >= 4 is 17.4 Å². The van der Waals surface area contributed by atoms with Crippen molar-refractivity contribution in [2.24, 2.45) is 0 Å². The highest BCUT2D eigenvalue weighted by atomic mass is 35.5. The SMILES string of the molecule is Cc1ccnc(N)c1C1CCC(Cl)C1. The minimum Gasteiger partial charge on any atom is -0.383 e. The van der Waals surface area contributed by atoms with E-state index in [1.54, 1.807) is 6.20 Å². The monoisotopic (exact) mass is 210 g/mol. The Morgan fingerprint density at radius 1 is 1.50 bits per heavy atom. The van der Waals surface area contributed by atoms with Crippen molar-refractivity contribution in [2.75, 3.05) is 5.73 Å². The molecule has 1 heterocycles. The van der Waals surface area contributed by atoms with Crippen LogP contribution < -0.4 is 5.73 Å². The van der Waals surface area contributed by atoms with Gasteiger partial charge in [-0.3, -0.25) is 0 Å². The molecule has 1 aliphatic carbocycles. The first-order valence-corrected chi connectivity index (χ1v) is 5.47. The second-order valence-electron chi connectivity index (χ2n) is 4.03. The Morgan fingerprint density at radius 2 is 2.29 bits per heavy atom. The summed E-state index contributed by atoms with van der Waals surface area (Å²) >= 11 is 6.10. The summed E-state index contributed by atoms with van der Waals surface area (Å²) < 4.78 is 0. The Kier molecular flexibility index (Phi) is 2.64. The normalized spacial score (nSPS) is 26.7. The molecule has 1 aliphatic rings. The maximum atomic E-state index is 6.10. The highest BCUT2D eigenvalue weighted by Crippen LogP contribution is 2.39. The second-order valence-corrected chi connectivity index (χ2v) is 4.65. The van der Waals surface area contributed by atoms with Crippen LogP contribution in [0.3, 0.4) is 0 Å². The van der Waals surface area contributed by atoms with Gasteiger partial charge >= 0.3 is 0 Å². The van der Waals surface area contributed by atoms with Gasteiger partial charge in [0.1, 0.15) is 5.82 Å². The molecule has 0 radical (unpaired) electrons. The predicted molar refractivity (Wildman–Crippen MR) is 59.6 cm³/mol. The molecular formula is C11H15ClN2. The number of nitrogens with two attached hydrogens (primary N) is 1. The Bertz CT molecular complexity index is 318. The lowest BCUT2D eigenvalue weighted by Crippen LogP contribution is -2.04. The van der Waals surface area contributed by atoms with Crippen molar-refractivity contribution in [3.05, 3.63) is 23.4 Å². The molecule has 0 bridgehead atoms. The third-order valence-corrected chi connectivity index (χ3v) is 3.41. The smallest absolute Gasteiger partial charge is 0.127 e. The van der Waals surface area contributed by atoms with Gasteiger partial charge in [-0.1, -0.05) is 0 Å². The fourth-order valence-corrected chi connectivity index (χ4v) is 2.65. The third kappa shape index (κ3) is 1.71. The van der Waals surface area contributed by atoms with Crippen molar-refractivity contribution in [1.82, 2.24) is 4.98 Å². The molecular weight excluding hydrogens is 196 g/mol. The molecule has 0 amide bonds. The van der Waals surface area contributed by atoms with Crippen LogP contribution in [-0.2, 0) is 0 Å². The number of alkyl halides is 1. The van der Waals surface area contributed by atoms with E-state index in [1.165, 1.54) is 11.1 Å². The number of anilines is 1. The Hall–Kier alpha value is -0.760. The maximum Gasteiger partial charge on any atom is 0.127 e. The van der Waals surface area contributed by atoms with Crippen LogP contribution >= 0.6 is 11.6 Å². The second kappa shape index (κ2) is 3.77. The van der Waals surface area contributed by atoms with Gasteiger partial charge in [0.25, 0.3) is 0 Å². The van der Waals surface area contributed by atoms with Crippen LogP contribution in [-0.4, -0.2) is 10.4 Å². The number of aryl methyl sites for hydroxylation is 1. The van der Waals surface area contributed by atoms with Crippen LogP contribution in [0.2, 0.25) is 0 Å². The van der Waals surface area contributed by atoms with Crippen molar-refractivity contribution in [1.29, 1.82) is 0 Å². The fourth-order valence-electron chi connectivity index (χ4n) is 2.31. The molecule has 0 aliphatic heterocycles. The summed E-state index contributed by atoms with van der Waals surface area (Å²) in [4.78, 5) is 4.14. The highest BCUT2D eigenvalue weighted by Gasteiger charge is 2.26. The van der Waals surface area contributed by atoms with Gasteiger partial charge in [0.2, 0.25) is 0 Å². The first-order chi connectivity index (χ1) is 6.68. The summed E-state index contributed by atoms with van der Waals surface area (Å²) in [5.74, 6) is 1.20. The number of hydrogen-bond acceptors (Lipinski definition) is 2. The van der Waals surface area contributed by atoms with Crippen LogP contribution in [0.15, 0.2) is 12.3 Å². The van der Waals surface area contributed by atoms with Crippen molar-refractivity contribution < 1.29 is 0 Å². The predicted octanol–water partition coefficient (Wildman–Crippen LogP) is 2.85. The van der Waals surface area contributed by atoms with E-state index in [1.807, 2.05) is 6.07 Å². The van der Waals surface area contributed by atoms with Crippen LogP contribution in [0.4, 0.5) is 5.82 Å². The largest absolute Gasteiger partial charge is 0.383 e. The van der Waals surface area contributed by atoms with E-state index in [0.29, 0.717) is 17.1 Å². The van der Waals surface area contributed by atoms with Gasteiger partial charge in [-0.25, -0.2) is 4.98 Å². The van der Waals surface area contributed by atoms with Crippen molar-refractivity contribution in [3.8, 4) is 0 Å². The average molecular weight is 211 g/mol. The molecule has 1 saturated carbocycles. The number of hydrogen-bond donors (Lipinski definition) is 1. The molecule has 2 rings (SSSR count). The molecule has 1 aromatic rings. The van der Waals surface area contributed by atoms with E-state index < -0.39 is 0 Å². The molecule has 1 fully saturated rings. The van der Waals surface area contributed by atoms with Gasteiger partial charge in [-0.15, -0.1) is 11.6 Å². The lowest BCUT2D eigenvalue weighted by atomic mass is 9.94. The first-order valence-electron chi connectivity index (χ1n) is 5.03. The number of pyridine rings is 1. The van der Waals surface area contributed by atoms with Crippen LogP contribution in [0, 0.1) is 6.92 Å². The minimum absolute atomic E-state index is 0.319. The third-order valence-electron chi connectivity index (χ3n) is 3.02. The zero-order valence-corrected chi connectivity index (χ0v) is 9.09. The molecule has 0 spiro atoms. The molecule has 2 N–H and O–H groups in total. The molecule has 2 unspecified atom stereocenters. The molecule has 1 aromatic heterocycles. The number of rotatable bonds is 1. The summed E-state index contributed by atoms with van der Waals surface area (Å²) in [6.07, 6.45) is 5.05. The van der Waals surface area contributed by atoms with Gasteiger partial charge in [0.15, 0.2) is 0 Å². The van der Waals surface area contributed by atoms with E-state index >= 15 is 0 Å². The number of nitrogen functional groups attached to an aromatic ring is 1. The standard InChI is InChI=1S/C11H15ClN2/c1-7-4-5-14-11(13)10(7)8-2-3-9(12)6-8/h4-5,8-9H,2-3,6H2,1H3,(H2,13,14). The Balaban J connectivity index is 2.31. The van der Waals surface area contributed by atoms with Gasteiger partial charge in [0, 0.05) is 17.1 Å². The fraction of sp³-hybridized carbons (Fsp3) is 0.545. The lowest BCUT2D eigenvalue weighted by Gasteiger charge is -2.14. The van der Waals surface area contributed by atoms with Crippen LogP contribution in [0.5, 0.6) is 0 Å². The molecule has 0 aromatic carbocycles. The van der Waals surface area contributed by atoms with Crippen molar-refractivity contribution in [2.45, 2.75) is 37.5 Å². The summed E-state index contributed by atoms with van der Waals surface area (Å²) in [5, 5.41) is 0.319. The highest BCUT2D eigenvalue weighted by molar-refractivity contribution is 6.20. The zero-order valence-electron chi connectivity index (χ0n) is 8.33. The van der Waals surface area contributed by atoms with Gasteiger partial charge in [0.05, 0.1) is 0 Å². The average Bonchev–Trinajstić information content (AvgIpc) is 2.51. The Labute approximate surface area is 89.5 Å². The van der Waals surface area contributed by atoms with E-state index in [0.717, 1.165) is 19.3 Å². The molecule has 2 nitrogen and oxygen atoms in total. The topological polar surface area (TPSA) is 38.9 Å². The summed E-state index contributed by atoms with van der Waals surface area (Å²) in [6, 6.07) is 2.02. The minimum atomic E-state index is 0.319. The van der Waals surface area contributed by atoms with Crippen LogP contribution in [0.1, 0.15) is 36.3 Å². The molecule has 0 saturated heterocycles. The van der Waals surface area contributed by atoms with Gasteiger partial charge in [-0.05, 0) is 43.7 Å². The first kappa shape index (κ1) is 9.78. The number of nitrogens with zero attached hydrogens (tertiary/aromatic N) is 1. The summed E-state index contributed by atoms with van der Waals surface area (Å²) in [6.45, 7) is 2.09. The maximum absolute atomic E-state index is 6.10. The molecule has 2 atom stereocenters. The lowest BCUT2D eigenvalue weighted by molar-refractivity contribution is 0.717. The number of aromatic nitrogens is 1. The Morgan fingerprint density at radius 3 is 2.86 bits per heavy atom. The van der Waals surface area contributed by atoms with Crippen LogP contribution in [0.25, 0.3) is 0 Å². The zero-order chi connectivity index (χ0) is 10.1. The summed E-state index contributed by atoms with van der Waals surface area (Å²) in [7, 11) is 0. The summed E-state index contributed by atoms with van der Waals surface area (Å²) in [5.41, 5.74) is 8.35. The van der Waals surface area contributed by atoms with Crippen molar-refractivity contribution in [3.63, 3.8) is 0 Å². The van der Waals surface area contributed by atoms with E-state index in [2.05, 4.69) is 11.9 Å². The molecule has 76 valence electrons. The molecule has 3 heteroatoms. The number of halogens is 1. The van der Waals surface area contributed by atoms with E-state index in [-0.39, 0.29) is 0 Å². The van der Waals surface area contributed by atoms with E-state index in [4.69, 9.17) is 17.3 Å². The van der Waals surface area contributed by atoms with Gasteiger partial charge < -0.3 is 5.73 Å².